The highest BCUT2D eigenvalue weighted by Gasteiger charge is 2.22. The summed E-state index contributed by atoms with van der Waals surface area (Å²) in [5.74, 6) is -0.164. The number of carbonyl (C=O) groups is 1. The van der Waals surface area contributed by atoms with Crippen LogP contribution in [0.15, 0.2) is 42.6 Å². The number of nitrogens with one attached hydrogen (secondary N) is 1. The first-order chi connectivity index (χ1) is 13.7. The third kappa shape index (κ3) is 4.64. The van der Waals surface area contributed by atoms with Crippen molar-refractivity contribution in [3.8, 4) is 0 Å². The average molecular weight is 381 g/mol. The zero-order valence-electron chi connectivity index (χ0n) is 17.3. The molecule has 1 amide bonds. The molecule has 1 N–H and O–H groups in total. The van der Waals surface area contributed by atoms with Crippen LogP contribution in [-0.2, 0) is 0 Å². The first-order valence-electron chi connectivity index (χ1n) is 10.5. The van der Waals surface area contributed by atoms with Crippen LogP contribution in [0, 0.1) is 0 Å². The van der Waals surface area contributed by atoms with Crippen molar-refractivity contribution in [1.29, 1.82) is 0 Å². The molecule has 2 aromatic rings. The molecule has 1 aliphatic rings. The molecule has 1 atom stereocenters. The van der Waals surface area contributed by atoms with Crippen LogP contribution in [-0.4, -0.2) is 36.6 Å². The molecule has 0 spiro atoms. The van der Waals surface area contributed by atoms with Gasteiger partial charge in [0.1, 0.15) is 5.69 Å². The standard InChI is InChI=1S/C23H32N4O/c1-4-19-9-7-8-16-27(19)21-14-15-24-22(17-21)23(28)25-18-10-12-20(13-11-18)26(5-2)6-3/h10-15,17,19H,4-9,16H2,1-3H3,(H,25,28). The fourth-order valence-electron chi connectivity index (χ4n) is 4.03. The van der Waals surface area contributed by atoms with E-state index in [4.69, 9.17) is 0 Å². The number of hydrogen-bond acceptors (Lipinski definition) is 4. The predicted molar refractivity (Wildman–Crippen MR) is 117 cm³/mol. The molecule has 0 bridgehead atoms. The maximum absolute atomic E-state index is 12.7. The Kier molecular flexibility index (Phi) is 6.90. The predicted octanol–water partition coefficient (Wildman–Crippen LogP) is 4.95. The lowest BCUT2D eigenvalue weighted by Crippen LogP contribution is -2.39. The molecule has 1 fully saturated rings. The van der Waals surface area contributed by atoms with Crippen molar-refractivity contribution in [3.05, 3.63) is 48.3 Å². The van der Waals surface area contributed by atoms with Crippen LogP contribution >= 0.6 is 0 Å². The van der Waals surface area contributed by atoms with Crippen molar-refractivity contribution in [3.63, 3.8) is 0 Å². The van der Waals surface area contributed by atoms with E-state index in [1.165, 1.54) is 24.9 Å². The van der Waals surface area contributed by atoms with E-state index in [1.807, 2.05) is 36.4 Å². The normalized spacial score (nSPS) is 16.7. The van der Waals surface area contributed by atoms with Gasteiger partial charge in [-0.05, 0) is 75.9 Å². The Morgan fingerprint density at radius 1 is 1.14 bits per heavy atom. The molecule has 1 saturated heterocycles. The largest absolute Gasteiger partial charge is 0.372 e. The summed E-state index contributed by atoms with van der Waals surface area (Å²) in [6.45, 7) is 9.50. The van der Waals surface area contributed by atoms with Gasteiger partial charge in [0.15, 0.2) is 0 Å². The molecule has 0 aliphatic carbocycles. The second-order valence-electron chi connectivity index (χ2n) is 7.32. The van der Waals surface area contributed by atoms with E-state index < -0.39 is 0 Å². The Hall–Kier alpha value is -2.56. The first kappa shape index (κ1) is 20.2. The molecule has 1 unspecified atom stereocenters. The van der Waals surface area contributed by atoms with Crippen molar-refractivity contribution >= 4 is 23.0 Å². The second kappa shape index (κ2) is 9.58. The van der Waals surface area contributed by atoms with Crippen molar-refractivity contribution < 1.29 is 4.79 Å². The summed E-state index contributed by atoms with van der Waals surface area (Å²) in [7, 11) is 0. The lowest BCUT2D eigenvalue weighted by atomic mass is 9.99. The molecule has 5 nitrogen and oxygen atoms in total. The number of amides is 1. The Bertz CT molecular complexity index is 770. The topological polar surface area (TPSA) is 48.5 Å². The fraction of sp³-hybridized carbons (Fsp3) is 0.478. The average Bonchev–Trinajstić information content (AvgIpc) is 2.75. The van der Waals surface area contributed by atoms with Crippen molar-refractivity contribution in [2.75, 3.05) is 34.8 Å². The van der Waals surface area contributed by atoms with Crippen LogP contribution in [0.25, 0.3) is 0 Å². The van der Waals surface area contributed by atoms with Crippen molar-refractivity contribution in [2.45, 2.75) is 52.5 Å². The summed E-state index contributed by atoms with van der Waals surface area (Å²) < 4.78 is 0. The van der Waals surface area contributed by atoms with Gasteiger partial charge in [-0.15, -0.1) is 0 Å². The Labute approximate surface area is 168 Å². The number of hydrogen-bond donors (Lipinski definition) is 1. The van der Waals surface area contributed by atoms with Gasteiger partial charge < -0.3 is 15.1 Å². The number of anilines is 3. The second-order valence-corrected chi connectivity index (χ2v) is 7.32. The van der Waals surface area contributed by atoms with Gasteiger partial charge in [0, 0.05) is 48.9 Å². The number of rotatable bonds is 7. The highest BCUT2D eigenvalue weighted by atomic mass is 16.1. The SMILES string of the molecule is CCC1CCCCN1c1ccnc(C(=O)Nc2ccc(N(CC)CC)cc2)c1. The van der Waals surface area contributed by atoms with E-state index in [0.29, 0.717) is 11.7 Å². The third-order valence-electron chi connectivity index (χ3n) is 5.66. The maximum Gasteiger partial charge on any atom is 0.274 e. The smallest absolute Gasteiger partial charge is 0.274 e. The van der Waals surface area contributed by atoms with Gasteiger partial charge >= 0.3 is 0 Å². The molecule has 28 heavy (non-hydrogen) atoms. The maximum atomic E-state index is 12.7. The number of piperidine rings is 1. The van der Waals surface area contributed by atoms with E-state index in [1.54, 1.807) is 6.20 Å². The molecular formula is C23H32N4O. The molecule has 1 aromatic heterocycles. The number of pyridine rings is 1. The molecule has 5 heteroatoms. The monoisotopic (exact) mass is 380 g/mol. The number of carbonyl (C=O) groups excluding carboxylic acids is 1. The third-order valence-corrected chi connectivity index (χ3v) is 5.66. The van der Waals surface area contributed by atoms with Crippen LogP contribution in [0.1, 0.15) is 56.9 Å². The molecule has 0 saturated carbocycles. The highest BCUT2D eigenvalue weighted by Crippen LogP contribution is 2.27. The van der Waals surface area contributed by atoms with E-state index in [9.17, 15) is 4.79 Å². The summed E-state index contributed by atoms with van der Waals surface area (Å²) in [6, 6.07) is 12.5. The van der Waals surface area contributed by atoms with Crippen LogP contribution in [0.3, 0.4) is 0 Å². The summed E-state index contributed by atoms with van der Waals surface area (Å²) in [6.07, 6.45) is 6.59. The van der Waals surface area contributed by atoms with Crippen LogP contribution in [0.5, 0.6) is 0 Å². The number of aromatic nitrogens is 1. The molecular weight excluding hydrogens is 348 g/mol. The molecule has 1 aromatic carbocycles. The van der Waals surface area contributed by atoms with Crippen molar-refractivity contribution in [1.82, 2.24) is 4.98 Å². The van der Waals surface area contributed by atoms with E-state index in [0.717, 1.165) is 37.4 Å². The summed E-state index contributed by atoms with van der Waals surface area (Å²) in [4.78, 5) is 21.7. The van der Waals surface area contributed by atoms with Crippen LogP contribution in [0.2, 0.25) is 0 Å². The van der Waals surface area contributed by atoms with Gasteiger partial charge in [-0.3, -0.25) is 9.78 Å². The van der Waals surface area contributed by atoms with E-state index in [-0.39, 0.29) is 5.91 Å². The zero-order chi connectivity index (χ0) is 19.9. The van der Waals surface area contributed by atoms with Gasteiger partial charge in [0.25, 0.3) is 5.91 Å². The van der Waals surface area contributed by atoms with Gasteiger partial charge in [-0.2, -0.15) is 0 Å². The van der Waals surface area contributed by atoms with Crippen molar-refractivity contribution in [2.24, 2.45) is 0 Å². The zero-order valence-corrected chi connectivity index (χ0v) is 17.3. The minimum Gasteiger partial charge on any atom is -0.372 e. The summed E-state index contributed by atoms with van der Waals surface area (Å²) in [5, 5.41) is 2.98. The first-order valence-corrected chi connectivity index (χ1v) is 10.5. The molecule has 150 valence electrons. The quantitative estimate of drug-likeness (QED) is 0.738. The minimum atomic E-state index is -0.164. The minimum absolute atomic E-state index is 0.164. The number of nitrogens with zero attached hydrogens (tertiary/aromatic N) is 3. The number of benzene rings is 1. The van der Waals surface area contributed by atoms with Crippen LogP contribution in [0.4, 0.5) is 17.1 Å². The lowest BCUT2D eigenvalue weighted by molar-refractivity contribution is 0.102. The Balaban J connectivity index is 1.71. The highest BCUT2D eigenvalue weighted by molar-refractivity contribution is 6.03. The molecule has 0 radical (unpaired) electrons. The van der Waals surface area contributed by atoms with E-state index in [2.05, 4.69) is 40.9 Å². The summed E-state index contributed by atoms with van der Waals surface area (Å²) in [5.41, 5.74) is 3.52. The molecule has 3 rings (SSSR count). The van der Waals surface area contributed by atoms with Gasteiger partial charge in [-0.1, -0.05) is 6.92 Å². The van der Waals surface area contributed by atoms with Gasteiger partial charge in [-0.25, -0.2) is 0 Å². The Morgan fingerprint density at radius 2 is 1.89 bits per heavy atom. The van der Waals surface area contributed by atoms with Crippen LogP contribution < -0.4 is 15.1 Å². The molecule has 1 aliphatic heterocycles. The van der Waals surface area contributed by atoms with Gasteiger partial charge in [0.2, 0.25) is 0 Å². The Morgan fingerprint density at radius 3 is 2.57 bits per heavy atom. The molecule has 2 heterocycles. The van der Waals surface area contributed by atoms with E-state index >= 15 is 0 Å². The summed E-state index contributed by atoms with van der Waals surface area (Å²) >= 11 is 0. The lowest BCUT2D eigenvalue weighted by Gasteiger charge is -2.37. The fourth-order valence-corrected chi connectivity index (χ4v) is 4.03. The van der Waals surface area contributed by atoms with Gasteiger partial charge in [0.05, 0.1) is 0 Å².